The van der Waals surface area contributed by atoms with E-state index in [9.17, 15) is 14.0 Å². The molecular weight excluding hydrogens is 289 g/mol. The van der Waals surface area contributed by atoms with Crippen molar-refractivity contribution in [1.29, 1.82) is 0 Å². The van der Waals surface area contributed by atoms with Gasteiger partial charge < -0.3 is 5.11 Å². The minimum absolute atomic E-state index is 0.209. The Morgan fingerprint density at radius 3 is 2.63 bits per heavy atom. The number of carbonyl (C=O) groups is 2. The zero-order valence-electron chi connectivity index (χ0n) is 9.50. The van der Waals surface area contributed by atoms with Crippen LogP contribution in [0.4, 0.5) is 4.39 Å². The lowest BCUT2D eigenvalue weighted by molar-refractivity contribution is -0.140. The summed E-state index contributed by atoms with van der Waals surface area (Å²) in [7, 11) is 0. The van der Waals surface area contributed by atoms with E-state index in [0.717, 1.165) is 16.7 Å². The third-order valence-electron chi connectivity index (χ3n) is 2.33. The Morgan fingerprint density at radius 2 is 2.05 bits per heavy atom. The van der Waals surface area contributed by atoms with Gasteiger partial charge in [-0.05, 0) is 23.8 Å². The highest BCUT2D eigenvalue weighted by Crippen LogP contribution is 2.32. The number of aliphatic carboxylic acids is 1. The van der Waals surface area contributed by atoms with Crippen LogP contribution in [0.15, 0.2) is 29.2 Å². The number of hydrogen-bond donors (Lipinski definition) is 1. The molecule has 1 heterocycles. The van der Waals surface area contributed by atoms with Gasteiger partial charge in [0.1, 0.15) is 16.7 Å². The van der Waals surface area contributed by atoms with Gasteiger partial charge in [0.2, 0.25) is 0 Å². The van der Waals surface area contributed by atoms with Gasteiger partial charge in [-0.15, -0.1) is 0 Å². The van der Waals surface area contributed by atoms with Crippen LogP contribution < -0.4 is 0 Å². The molecule has 0 saturated carbocycles. The van der Waals surface area contributed by atoms with Gasteiger partial charge in [0, 0.05) is 0 Å². The van der Waals surface area contributed by atoms with Crippen LogP contribution in [-0.4, -0.2) is 32.7 Å². The van der Waals surface area contributed by atoms with E-state index < -0.39 is 18.4 Å². The lowest BCUT2D eigenvalue weighted by Crippen LogP contribution is -2.33. The lowest BCUT2D eigenvalue weighted by Gasteiger charge is -2.10. The van der Waals surface area contributed by atoms with Gasteiger partial charge in [-0.25, -0.2) is 4.39 Å². The van der Waals surface area contributed by atoms with Crippen molar-refractivity contribution in [3.8, 4) is 0 Å². The molecule has 0 spiro atoms. The van der Waals surface area contributed by atoms with Crippen molar-refractivity contribution in [3.63, 3.8) is 0 Å². The summed E-state index contributed by atoms with van der Waals surface area (Å²) in [6.07, 6.45) is 1.56. The van der Waals surface area contributed by atoms with Crippen molar-refractivity contribution in [1.82, 2.24) is 4.90 Å². The van der Waals surface area contributed by atoms with Crippen molar-refractivity contribution < 1.29 is 19.1 Å². The molecule has 0 aromatic heterocycles. The molecule has 2 rings (SSSR count). The number of benzene rings is 1. The molecule has 0 atom stereocenters. The second-order valence-electron chi connectivity index (χ2n) is 3.71. The zero-order valence-corrected chi connectivity index (χ0v) is 11.1. The molecule has 1 aliphatic heterocycles. The molecule has 0 unspecified atom stereocenters. The molecule has 1 N–H and O–H groups in total. The van der Waals surface area contributed by atoms with Gasteiger partial charge in [0.25, 0.3) is 5.91 Å². The number of halogens is 1. The largest absolute Gasteiger partial charge is 0.480 e. The quantitative estimate of drug-likeness (QED) is 0.684. The Balaban J connectivity index is 2.23. The molecule has 1 aromatic carbocycles. The Kier molecular flexibility index (Phi) is 3.96. The molecule has 1 amide bonds. The summed E-state index contributed by atoms with van der Waals surface area (Å²) in [5, 5.41) is 8.69. The minimum Gasteiger partial charge on any atom is -0.480 e. The Morgan fingerprint density at radius 1 is 1.42 bits per heavy atom. The minimum atomic E-state index is -1.13. The number of rotatable bonds is 3. The Hall–Kier alpha value is -1.73. The van der Waals surface area contributed by atoms with E-state index in [1.54, 1.807) is 6.08 Å². The summed E-state index contributed by atoms with van der Waals surface area (Å²) in [6.45, 7) is -0.453. The van der Waals surface area contributed by atoms with Crippen LogP contribution in [0.5, 0.6) is 0 Å². The van der Waals surface area contributed by atoms with Crippen LogP contribution in [0.25, 0.3) is 6.08 Å². The molecule has 0 bridgehead atoms. The first kappa shape index (κ1) is 13.7. The van der Waals surface area contributed by atoms with Gasteiger partial charge >= 0.3 is 5.97 Å². The molecule has 1 aromatic rings. The molecule has 19 heavy (non-hydrogen) atoms. The SMILES string of the molecule is O=C(O)CN1C(=O)C(=Cc2ccc(F)cc2)SC1=S. The molecule has 0 radical (unpaired) electrons. The predicted molar refractivity (Wildman–Crippen MR) is 73.9 cm³/mol. The summed E-state index contributed by atoms with van der Waals surface area (Å²) >= 11 is 5.99. The van der Waals surface area contributed by atoms with E-state index in [2.05, 4.69) is 0 Å². The average Bonchev–Trinajstić information content (AvgIpc) is 2.60. The molecule has 98 valence electrons. The molecule has 7 heteroatoms. The number of carboxylic acid groups (broad SMARTS) is 1. The molecule has 1 fully saturated rings. The number of carboxylic acids is 1. The van der Waals surface area contributed by atoms with Crippen LogP contribution in [0.3, 0.4) is 0 Å². The van der Waals surface area contributed by atoms with Crippen molar-refractivity contribution in [2.45, 2.75) is 0 Å². The van der Waals surface area contributed by atoms with E-state index in [-0.39, 0.29) is 10.1 Å². The number of thiocarbonyl (C=S) groups is 1. The zero-order chi connectivity index (χ0) is 14.0. The average molecular weight is 297 g/mol. The highest BCUT2D eigenvalue weighted by atomic mass is 32.2. The van der Waals surface area contributed by atoms with Gasteiger partial charge in [-0.2, -0.15) is 0 Å². The summed E-state index contributed by atoms with van der Waals surface area (Å²) in [4.78, 5) is 23.9. The highest BCUT2D eigenvalue weighted by molar-refractivity contribution is 8.26. The molecule has 0 aliphatic carbocycles. The van der Waals surface area contributed by atoms with E-state index in [1.165, 1.54) is 24.3 Å². The first-order chi connectivity index (χ1) is 8.97. The number of amides is 1. The predicted octanol–water partition coefficient (Wildman–Crippen LogP) is 2.11. The number of hydrogen-bond acceptors (Lipinski definition) is 4. The van der Waals surface area contributed by atoms with Crippen LogP contribution in [0, 0.1) is 5.82 Å². The fourth-order valence-electron chi connectivity index (χ4n) is 1.48. The van der Waals surface area contributed by atoms with E-state index in [4.69, 9.17) is 17.3 Å². The van der Waals surface area contributed by atoms with E-state index >= 15 is 0 Å². The maximum absolute atomic E-state index is 12.8. The van der Waals surface area contributed by atoms with Gasteiger partial charge in [0.15, 0.2) is 0 Å². The maximum atomic E-state index is 12.8. The van der Waals surface area contributed by atoms with Crippen LogP contribution >= 0.6 is 24.0 Å². The number of carbonyl (C=O) groups excluding carboxylic acids is 1. The van der Waals surface area contributed by atoms with Crippen molar-refractivity contribution in [3.05, 3.63) is 40.6 Å². The summed E-state index contributed by atoms with van der Waals surface area (Å²) in [5.41, 5.74) is 0.650. The Bertz CT molecular complexity index is 583. The maximum Gasteiger partial charge on any atom is 0.323 e. The van der Waals surface area contributed by atoms with E-state index in [1.807, 2.05) is 0 Å². The number of thioether (sulfide) groups is 1. The van der Waals surface area contributed by atoms with Gasteiger partial charge in [0.05, 0.1) is 4.91 Å². The molecule has 1 aliphatic rings. The summed E-state index contributed by atoms with van der Waals surface area (Å²) in [5.74, 6) is -1.93. The van der Waals surface area contributed by atoms with Crippen molar-refractivity contribution in [2.24, 2.45) is 0 Å². The fourth-order valence-corrected chi connectivity index (χ4v) is 2.74. The molecule has 1 saturated heterocycles. The topological polar surface area (TPSA) is 57.6 Å². The van der Waals surface area contributed by atoms with E-state index in [0.29, 0.717) is 10.5 Å². The third kappa shape index (κ3) is 3.18. The van der Waals surface area contributed by atoms with Gasteiger partial charge in [-0.3, -0.25) is 14.5 Å². The second kappa shape index (κ2) is 5.50. The number of nitrogens with zero attached hydrogens (tertiary/aromatic N) is 1. The summed E-state index contributed by atoms with van der Waals surface area (Å²) < 4.78 is 13.0. The normalized spacial score (nSPS) is 17.3. The lowest BCUT2D eigenvalue weighted by atomic mass is 10.2. The standard InChI is InChI=1S/C12H8FNO3S2/c13-8-3-1-7(2-4-8)5-9-11(17)14(6-10(15)16)12(18)19-9/h1-5H,6H2,(H,15,16). The first-order valence-corrected chi connectivity index (χ1v) is 6.42. The van der Waals surface area contributed by atoms with Crippen LogP contribution in [0.1, 0.15) is 5.56 Å². The van der Waals surface area contributed by atoms with Gasteiger partial charge in [-0.1, -0.05) is 36.1 Å². The third-order valence-corrected chi connectivity index (χ3v) is 3.71. The van der Waals surface area contributed by atoms with Crippen molar-refractivity contribution >= 4 is 46.3 Å². The fraction of sp³-hybridized carbons (Fsp3) is 0.0833. The smallest absolute Gasteiger partial charge is 0.323 e. The molecule has 4 nitrogen and oxygen atoms in total. The second-order valence-corrected chi connectivity index (χ2v) is 5.39. The first-order valence-electron chi connectivity index (χ1n) is 5.20. The summed E-state index contributed by atoms with van der Waals surface area (Å²) in [6, 6.07) is 5.62. The van der Waals surface area contributed by atoms with Crippen LogP contribution in [-0.2, 0) is 9.59 Å². The van der Waals surface area contributed by atoms with Crippen molar-refractivity contribution in [2.75, 3.05) is 6.54 Å². The van der Waals surface area contributed by atoms with Crippen LogP contribution in [0.2, 0.25) is 0 Å². The molecular formula is C12H8FNO3S2. The Labute approximate surface area is 117 Å². The monoisotopic (exact) mass is 297 g/mol. The highest BCUT2D eigenvalue weighted by Gasteiger charge is 2.33.